The Balaban J connectivity index is 1.22. The summed E-state index contributed by atoms with van der Waals surface area (Å²) in [6.07, 6.45) is 11.5. The summed E-state index contributed by atoms with van der Waals surface area (Å²) in [5.74, 6) is 1.64. The predicted octanol–water partition coefficient (Wildman–Crippen LogP) is 5.93. The number of piperidine rings is 1. The highest BCUT2D eigenvalue weighted by atomic mass is 32.2. The summed E-state index contributed by atoms with van der Waals surface area (Å²) in [6.45, 7) is 0. The van der Waals surface area contributed by atoms with Crippen LogP contribution in [0.25, 0.3) is 16.9 Å². The predicted molar refractivity (Wildman–Crippen MR) is 152 cm³/mol. The van der Waals surface area contributed by atoms with Crippen molar-refractivity contribution in [2.45, 2.75) is 62.4 Å². The normalized spacial score (nSPS) is 22.8. The van der Waals surface area contributed by atoms with Crippen LogP contribution in [0.5, 0.6) is 0 Å². The lowest BCUT2D eigenvalue weighted by Gasteiger charge is -2.29. The van der Waals surface area contributed by atoms with Crippen LogP contribution >= 0.6 is 0 Å². The van der Waals surface area contributed by atoms with E-state index in [0.717, 1.165) is 18.5 Å². The van der Waals surface area contributed by atoms with E-state index >= 15 is 4.39 Å². The van der Waals surface area contributed by atoms with Crippen LogP contribution in [0.2, 0.25) is 0 Å². The van der Waals surface area contributed by atoms with Gasteiger partial charge in [0, 0.05) is 52.1 Å². The van der Waals surface area contributed by atoms with Gasteiger partial charge in [0.25, 0.3) is 0 Å². The monoisotopic (exact) mass is 545 g/mol. The van der Waals surface area contributed by atoms with Gasteiger partial charge in [-0.25, -0.2) is 18.6 Å². The third-order valence-electron chi connectivity index (χ3n) is 8.02. The van der Waals surface area contributed by atoms with E-state index in [1.165, 1.54) is 31.2 Å². The van der Waals surface area contributed by atoms with Crippen LogP contribution in [0.1, 0.15) is 61.6 Å². The van der Waals surface area contributed by atoms with E-state index in [9.17, 15) is 4.21 Å². The smallest absolute Gasteiger partial charge is 0.229 e. The molecule has 10 heteroatoms. The summed E-state index contributed by atoms with van der Waals surface area (Å²) in [7, 11) is -2.39. The van der Waals surface area contributed by atoms with E-state index in [2.05, 4.69) is 49.2 Å². The summed E-state index contributed by atoms with van der Waals surface area (Å²) in [6, 6.07) is 15.1. The zero-order chi connectivity index (χ0) is 26.7. The number of halogens is 1. The summed E-state index contributed by atoms with van der Waals surface area (Å²) in [5, 5.41) is 7.38. The molecule has 202 valence electrons. The lowest BCUT2D eigenvalue weighted by molar-refractivity contribution is 0.363. The molecular formula is C29H32FN7OS. The Morgan fingerprint density at radius 1 is 1.00 bits per heavy atom. The Hall–Kier alpha value is -3.37. The molecule has 2 saturated heterocycles. The van der Waals surface area contributed by atoms with Gasteiger partial charge < -0.3 is 10.6 Å². The largest absolute Gasteiger partial charge is 0.324 e. The molecule has 2 bridgehead atoms. The highest BCUT2D eigenvalue weighted by molar-refractivity contribution is 7.92. The standard InChI is InChI=1S/C29H32FN7OS/c1-39(2,38)36-24-4-3-5-25(34-24)37-27(18-6-7-18)26(30)23-16-31-29(35-28(23)37)33-20-10-8-17(9-11-20)19-14-21-12-13-22(15-19)32-21/h3-5,8-11,16,18-19,21-22,32H,6-7,12-15H2,1-2H3,(H,31,33,35). The molecule has 3 aliphatic rings. The van der Waals surface area contributed by atoms with E-state index in [0.29, 0.717) is 52.3 Å². The molecule has 1 saturated carbocycles. The average Bonchev–Trinajstić information content (AvgIpc) is 3.63. The summed E-state index contributed by atoms with van der Waals surface area (Å²) < 4.78 is 33.9. The van der Waals surface area contributed by atoms with Crippen LogP contribution in [-0.2, 0) is 9.73 Å². The summed E-state index contributed by atoms with van der Waals surface area (Å²) in [4.78, 5) is 13.8. The van der Waals surface area contributed by atoms with E-state index in [1.807, 2.05) is 0 Å². The molecular weight excluding hydrogens is 513 g/mol. The summed E-state index contributed by atoms with van der Waals surface area (Å²) >= 11 is 0. The van der Waals surface area contributed by atoms with Crippen LogP contribution < -0.4 is 10.6 Å². The van der Waals surface area contributed by atoms with Gasteiger partial charge in [-0.1, -0.05) is 18.2 Å². The Bertz CT molecular complexity index is 1670. The Kier molecular flexibility index (Phi) is 5.93. The van der Waals surface area contributed by atoms with Gasteiger partial charge in [0.15, 0.2) is 17.3 Å². The molecule has 3 aromatic heterocycles. The van der Waals surface area contributed by atoms with Crippen molar-refractivity contribution in [3.8, 4) is 5.82 Å². The van der Waals surface area contributed by atoms with Gasteiger partial charge in [0.05, 0.1) is 11.1 Å². The minimum absolute atomic E-state index is 0.109. The first-order chi connectivity index (χ1) is 18.8. The topological polar surface area (TPSA) is 97.1 Å². The van der Waals surface area contributed by atoms with Gasteiger partial charge in [-0.05, 0) is 74.3 Å². The molecule has 8 nitrogen and oxygen atoms in total. The molecule has 0 spiro atoms. The van der Waals surface area contributed by atoms with Crippen molar-refractivity contribution in [1.82, 2.24) is 24.8 Å². The van der Waals surface area contributed by atoms with E-state index in [4.69, 9.17) is 4.98 Å². The molecule has 0 radical (unpaired) electrons. The highest BCUT2D eigenvalue weighted by Gasteiger charge is 2.35. The zero-order valence-corrected chi connectivity index (χ0v) is 22.9. The molecule has 2 atom stereocenters. The molecule has 1 aliphatic carbocycles. The number of hydrogen-bond acceptors (Lipinski definition) is 7. The fraction of sp³-hybridized carbons (Fsp3) is 0.414. The number of nitrogens with one attached hydrogen (secondary N) is 2. The van der Waals surface area contributed by atoms with Crippen molar-refractivity contribution >= 4 is 38.2 Å². The Labute approximate surface area is 227 Å². The number of rotatable bonds is 6. The highest BCUT2D eigenvalue weighted by Crippen LogP contribution is 2.45. The number of pyridine rings is 1. The molecule has 2 N–H and O–H groups in total. The van der Waals surface area contributed by atoms with Gasteiger partial charge in [-0.15, -0.1) is 0 Å². The number of fused-ring (bicyclic) bond motifs is 3. The first-order valence-electron chi connectivity index (χ1n) is 13.7. The number of hydrogen-bond donors (Lipinski definition) is 2. The van der Waals surface area contributed by atoms with Crippen LogP contribution in [0.3, 0.4) is 0 Å². The van der Waals surface area contributed by atoms with Crippen LogP contribution in [-0.4, -0.2) is 48.3 Å². The van der Waals surface area contributed by atoms with Crippen LogP contribution in [0.15, 0.2) is 53.0 Å². The lowest BCUT2D eigenvalue weighted by atomic mass is 9.86. The second kappa shape index (κ2) is 9.38. The lowest BCUT2D eigenvalue weighted by Crippen LogP contribution is -2.37. The molecule has 0 amide bonds. The maximum atomic E-state index is 15.7. The van der Waals surface area contributed by atoms with Crippen molar-refractivity contribution in [2.75, 3.05) is 17.8 Å². The Morgan fingerprint density at radius 2 is 1.74 bits per heavy atom. The van der Waals surface area contributed by atoms with Crippen LogP contribution in [0.4, 0.5) is 21.8 Å². The molecule has 4 aromatic rings. The third-order valence-corrected chi connectivity index (χ3v) is 8.65. The number of aromatic nitrogens is 4. The number of anilines is 2. The van der Waals surface area contributed by atoms with E-state index in [1.54, 1.807) is 41.5 Å². The summed E-state index contributed by atoms with van der Waals surface area (Å²) in [5.41, 5.74) is 3.28. The minimum atomic E-state index is -2.39. The average molecular weight is 546 g/mol. The number of nitrogens with zero attached hydrogens (tertiary/aromatic N) is 5. The maximum absolute atomic E-state index is 15.7. The Morgan fingerprint density at radius 3 is 2.44 bits per heavy atom. The first-order valence-corrected chi connectivity index (χ1v) is 16.0. The van der Waals surface area contributed by atoms with Crippen molar-refractivity contribution in [1.29, 1.82) is 0 Å². The molecule has 3 fully saturated rings. The second-order valence-corrected chi connectivity index (χ2v) is 14.0. The van der Waals surface area contributed by atoms with Crippen molar-refractivity contribution in [3.63, 3.8) is 0 Å². The van der Waals surface area contributed by atoms with E-state index < -0.39 is 9.73 Å². The third kappa shape index (κ3) is 4.91. The van der Waals surface area contributed by atoms with E-state index in [-0.39, 0.29) is 11.7 Å². The minimum Gasteiger partial charge on any atom is -0.324 e. The zero-order valence-electron chi connectivity index (χ0n) is 22.1. The first kappa shape index (κ1) is 24.7. The van der Waals surface area contributed by atoms with Crippen molar-refractivity contribution in [2.24, 2.45) is 4.36 Å². The molecule has 7 rings (SSSR count). The fourth-order valence-corrected chi connectivity index (χ4v) is 6.72. The molecule has 1 aromatic carbocycles. The quantitative estimate of drug-likeness (QED) is 0.312. The molecule has 39 heavy (non-hydrogen) atoms. The molecule has 2 aliphatic heterocycles. The maximum Gasteiger partial charge on any atom is 0.229 e. The van der Waals surface area contributed by atoms with Crippen LogP contribution in [0, 0.1) is 5.82 Å². The van der Waals surface area contributed by atoms with Gasteiger partial charge in [0.2, 0.25) is 5.95 Å². The van der Waals surface area contributed by atoms with Gasteiger partial charge >= 0.3 is 0 Å². The fourth-order valence-electron chi connectivity index (χ4n) is 6.17. The van der Waals surface area contributed by atoms with Gasteiger partial charge in [-0.2, -0.15) is 9.35 Å². The SMILES string of the molecule is CS(C)(=O)=Nc1cccc(-n2c(C3CC3)c(F)c3cnc(Nc4ccc(C5CC6CCC(C5)N6)cc4)nc32)n1. The van der Waals surface area contributed by atoms with Crippen molar-refractivity contribution < 1.29 is 8.60 Å². The molecule has 5 heterocycles. The van der Waals surface area contributed by atoms with Crippen molar-refractivity contribution in [3.05, 3.63) is 65.7 Å². The van der Waals surface area contributed by atoms with Gasteiger partial charge in [-0.3, -0.25) is 4.57 Å². The molecule has 2 unspecified atom stereocenters. The number of benzene rings is 1. The second-order valence-electron chi connectivity index (χ2n) is 11.4. The van der Waals surface area contributed by atoms with Gasteiger partial charge in [0.1, 0.15) is 5.82 Å².